The molecule has 0 spiro atoms. The summed E-state index contributed by atoms with van der Waals surface area (Å²) >= 11 is 0. The van der Waals surface area contributed by atoms with Crippen molar-refractivity contribution >= 4 is 39.9 Å². The first-order chi connectivity index (χ1) is 17.7. The predicted octanol–water partition coefficient (Wildman–Crippen LogP) is 4.17. The van der Waals surface area contributed by atoms with Gasteiger partial charge in [-0.05, 0) is 60.8 Å². The molecule has 1 unspecified atom stereocenters. The molecule has 0 aromatic heterocycles. The lowest BCUT2D eigenvalue weighted by atomic mass is 9.99. The van der Waals surface area contributed by atoms with Crippen LogP contribution in [0.15, 0.2) is 60.7 Å². The van der Waals surface area contributed by atoms with Crippen molar-refractivity contribution < 1.29 is 14.4 Å². The molecule has 1 aliphatic rings. The molecule has 3 aromatic carbocycles. The van der Waals surface area contributed by atoms with E-state index >= 15 is 0 Å². The highest BCUT2D eigenvalue weighted by Crippen LogP contribution is 2.36. The Kier molecular flexibility index (Phi) is 7.93. The molecule has 3 aromatic rings. The summed E-state index contributed by atoms with van der Waals surface area (Å²) in [6.07, 6.45) is 0.346. The molecule has 1 aliphatic heterocycles. The molecule has 194 valence electrons. The van der Waals surface area contributed by atoms with Gasteiger partial charge in [0.15, 0.2) is 0 Å². The zero-order chi connectivity index (χ0) is 26.7. The fraction of sp³-hybridized carbons (Fsp3) is 0.367. The van der Waals surface area contributed by atoms with Gasteiger partial charge in [0.25, 0.3) is 5.91 Å². The molecular weight excluding hydrogens is 464 g/mol. The normalized spacial score (nSPS) is 16.5. The Morgan fingerprint density at radius 1 is 0.973 bits per heavy atom. The maximum Gasteiger partial charge on any atom is 0.251 e. The minimum atomic E-state index is -0.887. The second-order valence-corrected chi connectivity index (χ2v) is 10.2. The van der Waals surface area contributed by atoms with Crippen molar-refractivity contribution in [3.8, 4) is 0 Å². The number of anilines is 2. The fourth-order valence-electron chi connectivity index (χ4n) is 4.79. The van der Waals surface area contributed by atoms with E-state index in [4.69, 9.17) is 0 Å². The highest BCUT2D eigenvalue weighted by molar-refractivity contribution is 6.08. The summed E-state index contributed by atoms with van der Waals surface area (Å²) in [4.78, 5) is 43.8. The van der Waals surface area contributed by atoms with Crippen LogP contribution in [0.3, 0.4) is 0 Å². The number of carbonyl (C=O) groups is 3. The third kappa shape index (κ3) is 5.52. The average Bonchev–Trinajstić information content (AvgIpc) is 2.99. The monoisotopic (exact) mass is 500 g/mol. The summed E-state index contributed by atoms with van der Waals surface area (Å²) in [5.41, 5.74) is 3.45. The highest BCUT2D eigenvalue weighted by Gasteiger charge is 2.37. The van der Waals surface area contributed by atoms with Crippen LogP contribution in [-0.2, 0) is 20.9 Å². The standard InChI is InChI=1S/C30H36N4O3/c1-19(2)16-28(35)33-18-25(32-29(36)21(4)31-5)30(37)34(27-13-9-8-12-26(27)33)17-24-20(3)14-15-22-10-6-7-11-23(22)24/h6-15,19,21,25,31H,16-18H2,1-5H3,(H,32,36)/t21-,25?/m0/s1. The van der Waals surface area contributed by atoms with Gasteiger partial charge in [0.2, 0.25) is 11.8 Å². The Labute approximate surface area is 218 Å². The van der Waals surface area contributed by atoms with Crippen LogP contribution in [0.1, 0.15) is 38.3 Å². The second-order valence-electron chi connectivity index (χ2n) is 10.2. The van der Waals surface area contributed by atoms with Crippen LogP contribution in [0.2, 0.25) is 0 Å². The van der Waals surface area contributed by atoms with Gasteiger partial charge in [0.1, 0.15) is 6.04 Å². The van der Waals surface area contributed by atoms with Gasteiger partial charge in [-0.3, -0.25) is 14.4 Å². The number of benzene rings is 3. The molecule has 37 heavy (non-hydrogen) atoms. The van der Waals surface area contributed by atoms with Crippen molar-refractivity contribution in [1.82, 2.24) is 10.6 Å². The van der Waals surface area contributed by atoms with E-state index < -0.39 is 12.1 Å². The van der Waals surface area contributed by atoms with E-state index in [0.717, 1.165) is 21.9 Å². The first-order valence-electron chi connectivity index (χ1n) is 12.9. The Hall–Kier alpha value is -3.71. The highest BCUT2D eigenvalue weighted by atomic mass is 16.2. The molecule has 2 atom stereocenters. The van der Waals surface area contributed by atoms with Crippen LogP contribution in [0.25, 0.3) is 10.8 Å². The molecule has 1 heterocycles. The predicted molar refractivity (Wildman–Crippen MR) is 149 cm³/mol. The molecule has 0 radical (unpaired) electrons. The third-order valence-electron chi connectivity index (χ3n) is 7.01. The number of para-hydroxylation sites is 2. The van der Waals surface area contributed by atoms with E-state index in [1.807, 2.05) is 57.2 Å². The maximum absolute atomic E-state index is 14.1. The van der Waals surface area contributed by atoms with E-state index in [-0.39, 0.29) is 30.2 Å². The van der Waals surface area contributed by atoms with Crippen molar-refractivity contribution in [2.24, 2.45) is 5.92 Å². The third-order valence-corrected chi connectivity index (χ3v) is 7.01. The zero-order valence-corrected chi connectivity index (χ0v) is 22.2. The summed E-state index contributed by atoms with van der Waals surface area (Å²) in [6.45, 7) is 8.18. The van der Waals surface area contributed by atoms with Gasteiger partial charge in [-0.15, -0.1) is 0 Å². The van der Waals surface area contributed by atoms with Crippen LogP contribution in [0.5, 0.6) is 0 Å². The van der Waals surface area contributed by atoms with E-state index in [1.54, 1.807) is 23.8 Å². The van der Waals surface area contributed by atoms with E-state index in [1.165, 1.54) is 0 Å². The van der Waals surface area contributed by atoms with Gasteiger partial charge in [-0.2, -0.15) is 0 Å². The van der Waals surface area contributed by atoms with Crippen LogP contribution >= 0.6 is 0 Å². The number of rotatable bonds is 7. The number of amides is 3. The van der Waals surface area contributed by atoms with Crippen LogP contribution in [0, 0.1) is 12.8 Å². The number of fused-ring (bicyclic) bond motifs is 2. The van der Waals surface area contributed by atoms with Crippen LogP contribution < -0.4 is 20.4 Å². The summed E-state index contributed by atoms with van der Waals surface area (Å²) in [5, 5.41) is 8.01. The average molecular weight is 501 g/mol. The van der Waals surface area contributed by atoms with Gasteiger partial charge in [0.05, 0.1) is 30.5 Å². The van der Waals surface area contributed by atoms with Gasteiger partial charge in [0, 0.05) is 6.42 Å². The molecule has 0 aliphatic carbocycles. The lowest BCUT2D eigenvalue weighted by molar-refractivity contribution is -0.128. The molecular formula is C30H36N4O3. The SMILES string of the molecule is CN[C@@H](C)C(=O)NC1CN(C(=O)CC(C)C)c2ccccc2N(Cc2c(C)ccc3ccccc23)C1=O. The smallest absolute Gasteiger partial charge is 0.251 e. The van der Waals surface area contributed by atoms with E-state index in [0.29, 0.717) is 24.3 Å². The van der Waals surface area contributed by atoms with Gasteiger partial charge in [-0.1, -0.05) is 62.4 Å². The second kappa shape index (κ2) is 11.1. The first-order valence-corrected chi connectivity index (χ1v) is 12.9. The molecule has 0 fully saturated rings. The maximum atomic E-state index is 14.1. The fourth-order valence-corrected chi connectivity index (χ4v) is 4.79. The van der Waals surface area contributed by atoms with Crippen molar-refractivity contribution in [2.75, 3.05) is 23.4 Å². The molecule has 0 saturated carbocycles. The first kappa shape index (κ1) is 26.4. The van der Waals surface area contributed by atoms with Crippen molar-refractivity contribution in [1.29, 1.82) is 0 Å². The molecule has 7 heteroatoms. The van der Waals surface area contributed by atoms with Crippen LogP contribution in [0.4, 0.5) is 11.4 Å². The Morgan fingerprint density at radius 3 is 2.35 bits per heavy atom. The Balaban J connectivity index is 1.83. The number of nitrogens with zero attached hydrogens (tertiary/aromatic N) is 2. The topological polar surface area (TPSA) is 81.8 Å². The Morgan fingerprint density at radius 2 is 1.65 bits per heavy atom. The summed E-state index contributed by atoms with van der Waals surface area (Å²) < 4.78 is 0. The van der Waals surface area contributed by atoms with E-state index in [2.05, 4.69) is 34.9 Å². The largest absolute Gasteiger partial charge is 0.341 e. The minimum absolute atomic E-state index is 0.0700. The number of aryl methyl sites for hydroxylation is 1. The molecule has 3 amide bonds. The molecule has 2 N–H and O–H groups in total. The number of likely N-dealkylation sites (N-methyl/N-ethyl adjacent to an activating group) is 1. The summed E-state index contributed by atoms with van der Waals surface area (Å²) in [6, 6.07) is 18.4. The number of hydrogen-bond donors (Lipinski definition) is 2. The van der Waals surface area contributed by atoms with Crippen molar-refractivity contribution in [2.45, 2.75) is 52.7 Å². The number of hydrogen-bond acceptors (Lipinski definition) is 4. The van der Waals surface area contributed by atoms with Gasteiger partial charge in [-0.25, -0.2) is 0 Å². The summed E-state index contributed by atoms with van der Waals surface area (Å²) in [5.74, 6) is -0.439. The zero-order valence-electron chi connectivity index (χ0n) is 22.2. The Bertz CT molecular complexity index is 1320. The molecule has 4 rings (SSSR count). The van der Waals surface area contributed by atoms with Gasteiger partial charge >= 0.3 is 0 Å². The lowest BCUT2D eigenvalue weighted by Gasteiger charge is -2.27. The lowest BCUT2D eigenvalue weighted by Crippen LogP contribution is -2.55. The molecule has 0 saturated heterocycles. The molecule has 0 bridgehead atoms. The number of carbonyl (C=O) groups excluding carboxylic acids is 3. The van der Waals surface area contributed by atoms with Crippen molar-refractivity contribution in [3.63, 3.8) is 0 Å². The number of nitrogens with one attached hydrogen (secondary N) is 2. The molecule has 7 nitrogen and oxygen atoms in total. The minimum Gasteiger partial charge on any atom is -0.341 e. The summed E-state index contributed by atoms with van der Waals surface area (Å²) in [7, 11) is 1.70. The van der Waals surface area contributed by atoms with E-state index in [9.17, 15) is 14.4 Å². The van der Waals surface area contributed by atoms with Crippen LogP contribution in [-0.4, -0.2) is 43.4 Å². The van der Waals surface area contributed by atoms with Crippen molar-refractivity contribution in [3.05, 3.63) is 71.8 Å². The quantitative estimate of drug-likeness (QED) is 0.510. The van der Waals surface area contributed by atoms with Gasteiger partial charge < -0.3 is 20.4 Å².